The van der Waals surface area contributed by atoms with Gasteiger partial charge in [-0.2, -0.15) is 10.4 Å². The monoisotopic (exact) mass is 490 g/mol. The molecule has 0 bridgehead atoms. The molecule has 8 nitrogen and oxygen atoms in total. The Bertz CT molecular complexity index is 1540. The van der Waals surface area contributed by atoms with E-state index in [0.29, 0.717) is 18.5 Å². The zero-order chi connectivity index (χ0) is 25.8. The number of nitriles is 1. The first kappa shape index (κ1) is 23.8. The molecule has 0 aliphatic heterocycles. The summed E-state index contributed by atoms with van der Waals surface area (Å²) in [5.41, 5.74) is 2.39. The summed E-state index contributed by atoms with van der Waals surface area (Å²) in [5.74, 6) is -1.46. The molecule has 2 heterocycles. The average molecular weight is 491 g/mol. The lowest BCUT2D eigenvalue weighted by Gasteiger charge is -2.44. The van der Waals surface area contributed by atoms with Crippen LogP contribution in [0.2, 0.25) is 0 Å². The number of aromatic nitrogens is 3. The zero-order valence-electron chi connectivity index (χ0n) is 20.6. The van der Waals surface area contributed by atoms with E-state index in [4.69, 9.17) is 9.47 Å². The Balaban J connectivity index is 1.86. The van der Waals surface area contributed by atoms with Gasteiger partial charge < -0.3 is 19.1 Å². The zero-order valence-corrected chi connectivity index (χ0v) is 20.6. The summed E-state index contributed by atoms with van der Waals surface area (Å²) < 4.78 is 27.1. The summed E-state index contributed by atoms with van der Waals surface area (Å²) in [6.07, 6.45) is 2.58. The van der Waals surface area contributed by atoms with Gasteiger partial charge >= 0.3 is 5.97 Å². The number of rotatable bonds is 7. The fraction of sp³-hybridized carbons (Fsp3) is 0.370. The summed E-state index contributed by atoms with van der Waals surface area (Å²) in [6, 6.07) is 11.0. The molecule has 0 spiro atoms. The second-order valence-electron chi connectivity index (χ2n) is 10.1. The van der Waals surface area contributed by atoms with Crippen molar-refractivity contribution in [2.75, 3.05) is 14.2 Å². The molecule has 5 rings (SSSR count). The Hall–Kier alpha value is -3.90. The first-order valence-corrected chi connectivity index (χ1v) is 11.7. The van der Waals surface area contributed by atoms with Gasteiger partial charge in [-0.3, -0.25) is 5.10 Å². The number of fused-ring (bicyclic) bond motifs is 2. The quantitative estimate of drug-likeness (QED) is 0.368. The second kappa shape index (κ2) is 8.35. The number of hydrogen-bond donors (Lipinski definition) is 2. The standard InChI is InChI=1S/C27H27FN4O4/c1-26(2,7-8-29)24-23(16-12-27(13-16,36-4)25(33)34)18-11-20-15(14-30-31-20)9-21(18)32(24)17-5-6-19(28)22(10-17)35-3/h5-6,9-11,14,16H,7,12-13H2,1-4H3,(H,30,31)(H,33,34). The van der Waals surface area contributed by atoms with E-state index in [9.17, 15) is 19.6 Å². The van der Waals surface area contributed by atoms with Crippen molar-refractivity contribution in [3.63, 3.8) is 0 Å². The maximum Gasteiger partial charge on any atom is 0.335 e. The van der Waals surface area contributed by atoms with Crippen molar-refractivity contribution in [1.29, 1.82) is 5.26 Å². The van der Waals surface area contributed by atoms with E-state index >= 15 is 0 Å². The predicted octanol–water partition coefficient (Wildman–Crippen LogP) is 5.19. The Morgan fingerprint density at radius 2 is 2.08 bits per heavy atom. The summed E-state index contributed by atoms with van der Waals surface area (Å²) in [6.45, 7) is 4.00. The number of aliphatic carboxylic acids is 1. The number of carboxylic acid groups (broad SMARTS) is 1. The molecular weight excluding hydrogens is 463 g/mol. The number of benzene rings is 2. The van der Waals surface area contributed by atoms with Gasteiger partial charge in [0.15, 0.2) is 17.2 Å². The lowest BCUT2D eigenvalue weighted by atomic mass is 9.65. The molecule has 9 heteroatoms. The number of nitrogens with one attached hydrogen (secondary N) is 1. The number of methoxy groups -OCH3 is 2. The fourth-order valence-corrected chi connectivity index (χ4v) is 5.54. The smallest absolute Gasteiger partial charge is 0.335 e. The van der Waals surface area contributed by atoms with Crippen LogP contribution in [-0.4, -0.2) is 45.7 Å². The third-order valence-corrected chi connectivity index (χ3v) is 7.46. The lowest BCUT2D eigenvalue weighted by Crippen LogP contribution is -2.51. The van der Waals surface area contributed by atoms with Crippen molar-refractivity contribution >= 4 is 27.8 Å². The minimum atomic E-state index is -1.24. The van der Waals surface area contributed by atoms with Gasteiger partial charge in [0.25, 0.3) is 0 Å². The summed E-state index contributed by atoms with van der Waals surface area (Å²) >= 11 is 0. The molecule has 2 aromatic heterocycles. The SMILES string of the molecule is COc1cc(-n2c(C(C)(C)CC#N)c(C3CC(OC)(C(=O)O)C3)c3cc4[nH]ncc4cc32)ccc1F. The van der Waals surface area contributed by atoms with Crippen LogP contribution in [0.3, 0.4) is 0 Å². The van der Waals surface area contributed by atoms with E-state index in [0.717, 1.165) is 33.1 Å². The first-order chi connectivity index (χ1) is 17.2. The Kier molecular flexibility index (Phi) is 5.52. The van der Waals surface area contributed by atoms with E-state index in [-0.39, 0.29) is 18.1 Å². The Morgan fingerprint density at radius 1 is 1.33 bits per heavy atom. The van der Waals surface area contributed by atoms with Crippen molar-refractivity contribution in [3.8, 4) is 17.5 Å². The van der Waals surface area contributed by atoms with Gasteiger partial charge in [0.1, 0.15) is 0 Å². The normalized spacial score (nSPS) is 19.8. The molecule has 0 unspecified atom stereocenters. The minimum Gasteiger partial charge on any atom is -0.494 e. The molecule has 0 radical (unpaired) electrons. The van der Waals surface area contributed by atoms with Crippen LogP contribution in [0.5, 0.6) is 5.75 Å². The van der Waals surface area contributed by atoms with Gasteiger partial charge in [0.2, 0.25) is 0 Å². The molecule has 0 atom stereocenters. The molecule has 0 saturated heterocycles. The first-order valence-electron chi connectivity index (χ1n) is 11.7. The van der Waals surface area contributed by atoms with Gasteiger partial charge in [0.05, 0.1) is 30.4 Å². The summed E-state index contributed by atoms with van der Waals surface area (Å²) in [4.78, 5) is 12.0. The topological polar surface area (TPSA) is 113 Å². The number of nitrogens with zero attached hydrogens (tertiary/aromatic N) is 3. The highest BCUT2D eigenvalue weighted by atomic mass is 19.1. The van der Waals surface area contributed by atoms with Gasteiger partial charge in [-0.05, 0) is 48.6 Å². The number of carbonyl (C=O) groups is 1. The number of aromatic amines is 1. The third kappa shape index (κ3) is 3.44. The summed E-state index contributed by atoms with van der Waals surface area (Å²) in [7, 11) is 2.84. The maximum atomic E-state index is 14.4. The van der Waals surface area contributed by atoms with Crippen molar-refractivity contribution in [2.45, 2.75) is 50.0 Å². The van der Waals surface area contributed by atoms with Crippen LogP contribution in [0.1, 0.15) is 50.3 Å². The van der Waals surface area contributed by atoms with Crippen LogP contribution in [-0.2, 0) is 14.9 Å². The molecular formula is C27H27FN4O4. The van der Waals surface area contributed by atoms with Crippen molar-refractivity contribution in [1.82, 2.24) is 14.8 Å². The summed E-state index contributed by atoms with van der Waals surface area (Å²) in [5, 5.41) is 28.5. The molecule has 1 aliphatic rings. The minimum absolute atomic E-state index is 0.109. The largest absolute Gasteiger partial charge is 0.494 e. The molecule has 36 heavy (non-hydrogen) atoms. The van der Waals surface area contributed by atoms with Crippen molar-refractivity contribution in [3.05, 3.63) is 53.6 Å². The van der Waals surface area contributed by atoms with Gasteiger partial charge in [0, 0.05) is 47.2 Å². The van der Waals surface area contributed by atoms with Crippen LogP contribution >= 0.6 is 0 Å². The number of halogens is 1. The fourth-order valence-electron chi connectivity index (χ4n) is 5.54. The number of hydrogen-bond acceptors (Lipinski definition) is 5. The van der Waals surface area contributed by atoms with E-state index in [1.807, 2.05) is 30.5 Å². The molecule has 186 valence electrons. The second-order valence-corrected chi connectivity index (χ2v) is 10.1. The number of ether oxygens (including phenoxy) is 2. The highest BCUT2D eigenvalue weighted by Crippen LogP contribution is 2.53. The molecule has 1 aliphatic carbocycles. The van der Waals surface area contributed by atoms with Crippen LogP contribution in [0.25, 0.3) is 27.5 Å². The highest BCUT2D eigenvalue weighted by Gasteiger charge is 2.53. The Labute approximate surface area is 207 Å². The lowest BCUT2D eigenvalue weighted by molar-refractivity contribution is -0.175. The van der Waals surface area contributed by atoms with Crippen LogP contribution in [0.4, 0.5) is 4.39 Å². The maximum absolute atomic E-state index is 14.4. The molecule has 1 fully saturated rings. The van der Waals surface area contributed by atoms with Crippen LogP contribution < -0.4 is 4.74 Å². The third-order valence-electron chi connectivity index (χ3n) is 7.46. The average Bonchev–Trinajstić information content (AvgIpc) is 3.40. The van der Waals surface area contributed by atoms with Gasteiger partial charge in [-0.25, -0.2) is 9.18 Å². The van der Waals surface area contributed by atoms with Gasteiger partial charge in [-0.1, -0.05) is 13.8 Å². The van der Waals surface area contributed by atoms with Crippen molar-refractivity contribution in [2.24, 2.45) is 0 Å². The van der Waals surface area contributed by atoms with E-state index in [2.05, 4.69) is 16.3 Å². The highest BCUT2D eigenvalue weighted by molar-refractivity contribution is 5.99. The van der Waals surface area contributed by atoms with Crippen LogP contribution in [0, 0.1) is 17.1 Å². The van der Waals surface area contributed by atoms with Gasteiger partial charge in [-0.15, -0.1) is 0 Å². The van der Waals surface area contributed by atoms with E-state index < -0.39 is 22.8 Å². The van der Waals surface area contributed by atoms with E-state index in [1.165, 1.54) is 20.3 Å². The van der Waals surface area contributed by atoms with Crippen molar-refractivity contribution < 1.29 is 23.8 Å². The molecule has 2 N–H and O–H groups in total. The molecule has 0 amide bonds. The molecule has 2 aromatic carbocycles. The van der Waals surface area contributed by atoms with E-state index in [1.54, 1.807) is 18.3 Å². The number of carboxylic acids is 1. The molecule has 4 aromatic rings. The molecule has 1 saturated carbocycles. The number of H-pyrrole nitrogens is 1. The van der Waals surface area contributed by atoms with Crippen LogP contribution in [0.15, 0.2) is 36.5 Å². The Morgan fingerprint density at radius 3 is 2.72 bits per heavy atom. The predicted molar refractivity (Wildman–Crippen MR) is 132 cm³/mol.